The molecule has 2 rings (SSSR count). The predicted octanol–water partition coefficient (Wildman–Crippen LogP) is 3.37. The highest BCUT2D eigenvalue weighted by molar-refractivity contribution is 7.97. The summed E-state index contributed by atoms with van der Waals surface area (Å²) in [4.78, 5) is 4.49. The van der Waals surface area contributed by atoms with Crippen molar-refractivity contribution in [2.24, 2.45) is 0 Å². The van der Waals surface area contributed by atoms with Crippen molar-refractivity contribution in [2.45, 2.75) is 24.8 Å². The van der Waals surface area contributed by atoms with Gasteiger partial charge in [-0.25, -0.2) is 0 Å². The van der Waals surface area contributed by atoms with Crippen LogP contribution < -0.4 is 4.72 Å². The Morgan fingerprint density at radius 3 is 2.75 bits per heavy atom. The lowest BCUT2D eigenvalue weighted by molar-refractivity contribution is 0.975. The SMILES string of the molecule is CCc1cc(SNCc2ccccc2)c[nH]1. The quantitative estimate of drug-likeness (QED) is 0.773. The standard InChI is InChI=1S/C13H16N2S/c1-2-12-8-13(10-14-12)16-15-9-11-6-4-3-5-7-11/h3-8,10,14-15H,2,9H2,1H3. The minimum atomic E-state index is 0.887. The third-order valence-corrected chi connectivity index (χ3v) is 3.17. The Kier molecular flexibility index (Phi) is 4.08. The van der Waals surface area contributed by atoms with E-state index in [0.29, 0.717) is 0 Å². The molecule has 0 aliphatic rings. The molecule has 84 valence electrons. The number of hydrogen-bond acceptors (Lipinski definition) is 2. The van der Waals surface area contributed by atoms with E-state index in [0.717, 1.165) is 13.0 Å². The van der Waals surface area contributed by atoms with Crippen LogP contribution in [0.25, 0.3) is 0 Å². The molecule has 3 heteroatoms. The molecule has 0 spiro atoms. The van der Waals surface area contributed by atoms with Gasteiger partial charge in [0.1, 0.15) is 0 Å². The van der Waals surface area contributed by atoms with Gasteiger partial charge in [0.15, 0.2) is 0 Å². The number of benzene rings is 1. The van der Waals surface area contributed by atoms with Crippen molar-refractivity contribution in [3.05, 3.63) is 53.9 Å². The summed E-state index contributed by atoms with van der Waals surface area (Å²) in [6, 6.07) is 12.6. The minimum absolute atomic E-state index is 0.887. The van der Waals surface area contributed by atoms with Gasteiger partial charge in [-0.05, 0) is 30.0 Å². The summed E-state index contributed by atoms with van der Waals surface area (Å²) in [5, 5.41) is 0. The summed E-state index contributed by atoms with van der Waals surface area (Å²) in [5.41, 5.74) is 2.59. The maximum Gasteiger partial charge on any atom is 0.0405 e. The van der Waals surface area contributed by atoms with E-state index < -0.39 is 0 Å². The molecule has 1 aromatic carbocycles. The molecule has 1 heterocycles. The smallest absolute Gasteiger partial charge is 0.0405 e. The van der Waals surface area contributed by atoms with Crippen molar-refractivity contribution < 1.29 is 0 Å². The van der Waals surface area contributed by atoms with Gasteiger partial charge in [0.05, 0.1) is 0 Å². The summed E-state index contributed by atoms with van der Waals surface area (Å²) >= 11 is 1.67. The molecule has 0 unspecified atom stereocenters. The summed E-state index contributed by atoms with van der Waals surface area (Å²) < 4.78 is 3.35. The first kappa shape index (κ1) is 11.3. The maximum absolute atomic E-state index is 3.35. The van der Waals surface area contributed by atoms with Crippen LogP contribution in [0.1, 0.15) is 18.2 Å². The molecule has 0 amide bonds. The van der Waals surface area contributed by atoms with Gasteiger partial charge >= 0.3 is 0 Å². The van der Waals surface area contributed by atoms with Crippen LogP contribution in [0.3, 0.4) is 0 Å². The van der Waals surface area contributed by atoms with Crippen LogP contribution in [0.4, 0.5) is 0 Å². The van der Waals surface area contributed by atoms with Crippen molar-refractivity contribution in [1.82, 2.24) is 9.71 Å². The fourth-order valence-electron chi connectivity index (χ4n) is 1.48. The number of nitrogens with one attached hydrogen (secondary N) is 2. The molecule has 1 aromatic heterocycles. The van der Waals surface area contributed by atoms with E-state index in [1.54, 1.807) is 11.9 Å². The molecule has 2 N–H and O–H groups in total. The van der Waals surface area contributed by atoms with Crippen LogP contribution in [0, 0.1) is 0 Å². The zero-order valence-electron chi connectivity index (χ0n) is 9.36. The summed E-state index contributed by atoms with van der Waals surface area (Å²) in [6.07, 6.45) is 3.10. The largest absolute Gasteiger partial charge is 0.364 e. The van der Waals surface area contributed by atoms with Gasteiger partial charge < -0.3 is 4.98 Å². The number of rotatable bonds is 5. The number of hydrogen-bond donors (Lipinski definition) is 2. The monoisotopic (exact) mass is 232 g/mol. The van der Waals surface area contributed by atoms with Crippen molar-refractivity contribution in [3.63, 3.8) is 0 Å². The van der Waals surface area contributed by atoms with Gasteiger partial charge in [-0.1, -0.05) is 37.3 Å². The number of aromatic amines is 1. The average molecular weight is 232 g/mol. The zero-order valence-corrected chi connectivity index (χ0v) is 10.2. The Morgan fingerprint density at radius 1 is 1.25 bits per heavy atom. The second-order valence-electron chi connectivity index (χ2n) is 3.62. The molecule has 16 heavy (non-hydrogen) atoms. The van der Waals surface area contributed by atoms with Crippen LogP contribution >= 0.6 is 11.9 Å². The fraction of sp³-hybridized carbons (Fsp3) is 0.231. The molecular formula is C13H16N2S. The van der Waals surface area contributed by atoms with Gasteiger partial charge in [0.25, 0.3) is 0 Å². The van der Waals surface area contributed by atoms with Crippen molar-refractivity contribution in [2.75, 3.05) is 0 Å². The number of aryl methyl sites for hydroxylation is 1. The van der Waals surface area contributed by atoms with Gasteiger partial charge in [0, 0.05) is 23.3 Å². The maximum atomic E-state index is 3.35. The van der Waals surface area contributed by atoms with Gasteiger partial charge in [-0.3, -0.25) is 4.72 Å². The van der Waals surface area contributed by atoms with Crippen molar-refractivity contribution >= 4 is 11.9 Å². The van der Waals surface area contributed by atoms with E-state index in [2.05, 4.69) is 47.0 Å². The molecule has 0 radical (unpaired) electrons. The second-order valence-corrected chi connectivity index (χ2v) is 4.59. The number of H-pyrrole nitrogens is 1. The molecule has 0 fully saturated rings. The lowest BCUT2D eigenvalue weighted by Gasteiger charge is -2.01. The highest BCUT2D eigenvalue weighted by Crippen LogP contribution is 2.16. The fourth-order valence-corrected chi connectivity index (χ4v) is 2.21. The second kappa shape index (κ2) is 5.77. The molecule has 0 bridgehead atoms. The third-order valence-electron chi connectivity index (χ3n) is 2.41. The first-order valence-corrected chi connectivity index (χ1v) is 6.31. The number of aromatic nitrogens is 1. The predicted molar refractivity (Wildman–Crippen MR) is 69.3 cm³/mol. The van der Waals surface area contributed by atoms with Crippen LogP contribution in [-0.4, -0.2) is 4.98 Å². The highest BCUT2D eigenvalue weighted by Gasteiger charge is 1.98. The van der Waals surface area contributed by atoms with E-state index in [-0.39, 0.29) is 0 Å². The Hall–Kier alpha value is -1.19. The van der Waals surface area contributed by atoms with Gasteiger partial charge in [-0.2, -0.15) is 0 Å². The normalized spacial score (nSPS) is 10.6. The van der Waals surface area contributed by atoms with Crippen LogP contribution in [-0.2, 0) is 13.0 Å². The van der Waals surface area contributed by atoms with E-state index in [1.165, 1.54) is 16.2 Å². The zero-order chi connectivity index (χ0) is 11.2. The average Bonchev–Trinajstić information content (AvgIpc) is 2.78. The Morgan fingerprint density at radius 2 is 2.06 bits per heavy atom. The lowest BCUT2D eigenvalue weighted by Crippen LogP contribution is -2.01. The molecule has 0 aliphatic carbocycles. The first-order valence-electron chi connectivity index (χ1n) is 5.49. The van der Waals surface area contributed by atoms with Crippen LogP contribution in [0.15, 0.2) is 47.5 Å². The molecule has 0 atom stereocenters. The minimum Gasteiger partial charge on any atom is -0.364 e. The molecule has 2 aromatic rings. The van der Waals surface area contributed by atoms with Crippen LogP contribution in [0.5, 0.6) is 0 Å². The Labute approximate surface area is 101 Å². The van der Waals surface area contributed by atoms with Crippen molar-refractivity contribution in [3.8, 4) is 0 Å². The Balaban J connectivity index is 1.80. The van der Waals surface area contributed by atoms with Gasteiger partial charge in [0.2, 0.25) is 0 Å². The van der Waals surface area contributed by atoms with E-state index in [4.69, 9.17) is 0 Å². The van der Waals surface area contributed by atoms with E-state index in [9.17, 15) is 0 Å². The highest BCUT2D eigenvalue weighted by atomic mass is 32.2. The summed E-state index contributed by atoms with van der Waals surface area (Å²) in [5.74, 6) is 0. The first-order chi connectivity index (χ1) is 7.88. The van der Waals surface area contributed by atoms with Gasteiger partial charge in [-0.15, -0.1) is 0 Å². The molecule has 0 aliphatic heterocycles. The van der Waals surface area contributed by atoms with Crippen LogP contribution in [0.2, 0.25) is 0 Å². The molecule has 0 saturated heterocycles. The molecule has 0 saturated carbocycles. The molecular weight excluding hydrogens is 216 g/mol. The Bertz CT molecular complexity index is 423. The van der Waals surface area contributed by atoms with E-state index in [1.807, 2.05) is 12.3 Å². The topological polar surface area (TPSA) is 27.8 Å². The lowest BCUT2D eigenvalue weighted by atomic mass is 10.2. The summed E-state index contributed by atoms with van der Waals surface area (Å²) in [7, 11) is 0. The van der Waals surface area contributed by atoms with Crippen molar-refractivity contribution in [1.29, 1.82) is 0 Å². The summed E-state index contributed by atoms with van der Waals surface area (Å²) in [6.45, 7) is 3.04. The third kappa shape index (κ3) is 3.15. The molecule has 2 nitrogen and oxygen atoms in total. The van der Waals surface area contributed by atoms with E-state index >= 15 is 0 Å².